The van der Waals surface area contributed by atoms with Gasteiger partial charge in [-0.2, -0.15) is 0 Å². The third-order valence-corrected chi connectivity index (χ3v) is 10.5. The van der Waals surface area contributed by atoms with E-state index in [1.807, 2.05) is 60.7 Å². The second-order valence-electron chi connectivity index (χ2n) is 16.9. The molecule has 12 nitrogen and oxygen atoms in total. The van der Waals surface area contributed by atoms with Crippen molar-refractivity contribution >= 4 is 35.1 Å². The minimum Gasteiger partial charge on any atom is -0.481 e. The maximum Gasteiger partial charge on any atom is 0.307 e. The molecule has 0 aliphatic heterocycles. The zero-order chi connectivity index (χ0) is 43.6. The smallest absolute Gasteiger partial charge is 0.307 e. The topological polar surface area (TPSA) is 180 Å². The van der Waals surface area contributed by atoms with Gasteiger partial charge in [-0.25, -0.2) is 0 Å². The molecule has 0 heterocycles. The molecule has 2 N–H and O–H groups in total. The van der Waals surface area contributed by atoms with Gasteiger partial charge in [0, 0.05) is 38.9 Å². The van der Waals surface area contributed by atoms with Gasteiger partial charge in [0.2, 0.25) is 0 Å². The molecule has 2 aromatic carbocycles. The molecular weight excluding hydrogens is 744 g/mol. The SMILES string of the molecule is CC(C)(OCc1ccccc1)C(=O)CCCCCOC(C)(C)C(=O)CC(C(=O)O)C(CC(=O)C(C)(C)OCCCCCC(=O)C(C)(C)OCc1ccccc1)C(=O)O. The van der Waals surface area contributed by atoms with Crippen LogP contribution in [0.4, 0.5) is 0 Å². The Bertz CT molecular complexity index is 1510. The Kier molecular flexibility index (Phi) is 20.3. The van der Waals surface area contributed by atoms with E-state index in [9.17, 15) is 39.0 Å². The summed E-state index contributed by atoms with van der Waals surface area (Å²) in [6.07, 6.45) is 2.90. The van der Waals surface area contributed by atoms with Gasteiger partial charge >= 0.3 is 11.9 Å². The van der Waals surface area contributed by atoms with Crippen molar-refractivity contribution in [2.45, 2.75) is 155 Å². The molecule has 322 valence electrons. The van der Waals surface area contributed by atoms with Crippen LogP contribution in [-0.4, -0.2) is 80.9 Å². The number of hydrogen-bond donors (Lipinski definition) is 2. The Hall–Kier alpha value is -4.10. The second kappa shape index (κ2) is 23.5. The predicted octanol–water partition coefficient (Wildman–Crippen LogP) is 8.15. The number of ether oxygens (including phenoxy) is 4. The van der Waals surface area contributed by atoms with Crippen molar-refractivity contribution in [3.8, 4) is 0 Å². The van der Waals surface area contributed by atoms with Crippen LogP contribution in [0.15, 0.2) is 60.7 Å². The van der Waals surface area contributed by atoms with E-state index in [4.69, 9.17) is 18.9 Å². The third kappa shape index (κ3) is 17.4. The first-order valence-corrected chi connectivity index (χ1v) is 20.3. The fourth-order valence-electron chi connectivity index (χ4n) is 6.08. The monoisotopic (exact) mass is 810 g/mol. The molecule has 0 fully saturated rings. The highest BCUT2D eigenvalue weighted by molar-refractivity contribution is 5.94. The van der Waals surface area contributed by atoms with Gasteiger partial charge < -0.3 is 29.2 Å². The molecule has 0 aromatic heterocycles. The maximum absolute atomic E-state index is 13.3. The van der Waals surface area contributed by atoms with Crippen LogP contribution in [0.3, 0.4) is 0 Å². The fourth-order valence-corrected chi connectivity index (χ4v) is 6.08. The van der Waals surface area contributed by atoms with Gasteiger partial charge in [-0.15, -0.1) is 0 Å². The number of unbranched alkanes of at least 4 members (excludes halogenated alkanes) is 4. The molecule has 2 unspecified atom stereocenters. The maximum atomic E-state index is 13.3. The molecule has 0 radical (unpaired) electrons. The summed E-state index contributed by atoms with van der Waals surface area (Å²) < 4.78 is 23.4. The highest BCUT2D eigenvalue weighted by Crippen LogP contribution is 2.29. The Labute approximate surface area is 344 Å². The van der Waals surface area contributed by atoms with E-state index < -0.39 is 70.6 Å². The third-order valence-electron chi connectivity index (χ3n) is 10.5. The van der Waals surface area contributed by atoms with Crippen LogP contribution in [-0.2, 0) is 60.9 Å². The van der Waals surface area contributed by atoms with Crippen molar-refractivity contribution in [3.05, 3.63) is 71.8 Å². The number of carbonyl (C=O) groups excluding carboxylic acids is 4. The quantitative estimate of drug-likeness (QED) is 0.0699. The molecule has 2 atom stereocenters. The van der Waals surface area contributed by atoms with E-state index in [1.54, 1.807) is 27.7 Å². The number of benzene rings is 2. The zero-order valence-electron chi connectivity index (χ0n) is 35.8. The summed E-state index contributed by atoms with van der Waals surface area (Å²) in [5.74, 6) is -7.62. The number of aliphatic carboxylic acids is 2. The molecule has 58 heavy (non-hydrogen) atoms. The normalized spacial score (nSPS) is 13.4. The molecule has 0 bridgehead atoms. The standard InChI is InChI=1S/C46H66O12/c1-43(2,57-31-33-21-13-9-14-22-33)37(47)25-17-11-19-27-55-45(5,6)39(49)29-35(41(51)52)36(42(53)54)30-40(50)46(7,8)56-28-20-12-18-26-38(48)44(3,4)58-32-34-23-15-10-16-24-34/h9-10,13-16,21-24,35-36H,11-12,17-20,25-32H2,1-8H3,(H,51,52)(H,53,54). The van der Waals surface area contributed by atoms with Gasteiger partial charge in [-0.05, 0) is 92.2 Å². The van der Waals surface area contributed by atoms with E-state index in [0.717, 1.165) is 11.1 Å². The Balaban J connectivity index is 1.78. The first-order valence-electron chi connectivity index (χ1n) is 20.3. The van der Waals surface area contributed by atoms with Gasteiger partial charge in [0.05, 0.1) is 25.0 Å². The van der Waals surface area contributed by atoms with Crippen LogP contribution in [0.1, 0.15) is 131 Å². The minimum atomic E-state index is -1.68. The number of Topliss-reactive ketones (excluding diaryl/α,β-unsaturated/α-hetero) is 4. The number of carboxylic acids is 2. The Morgan fingerprint density at radius 1 is 0.448 bits per heavy atom. The zero-order valence-corrected chi connectivity index (χ0v) is 35.8. The van der Waals surface area contributed by atoms with Crippen LogP contribution in [0.25, 0.3) is 0 Å². The fraction of sp³-hybridized carbons (Fsp3) is 0.609. The highest BCUT2D eigenvalue weighted by atomic mass is 16.5. The average molecular weight is 811 g/mol. The van der Waals surface area contributed by atoms with Crippen molar-refractivity contribution in [2.24, 2.45) is 11.8 Å². The summed E-state index contributed by atoms with van der Waals surface area (Å²) in [5, 5.41) is 20.0. The number of carboxylic acid groups (broad SMARTS) is 2. The molecule has 0 saturated carbocycles. The van der Waals surface area contributed by atoms with Crippen molar-refractivity contribution in [1.82, 2.24) is 0 Å². The van der Waals surface area contributed by atoms with Crippen LogP contribution in [0.5, 0.6) is 0 Å². The van der Waals surface area contributed by atoms with E-state index in [-0.39, 0.29) is 24.8 Å². The van der Waals surface area contributed by atoms with Crippen molar-refractivity contribution in [3.63, 3.8) is 0 Å². The number of carbonyl (C=O) groups is 6. The van der Waals surface area contributed by atoms with Gasteiger partial charge in [-0.3, -0.25) is 28.8 Å². The van der Waals surface area contributed by atoms with E-state index >= 15 is 0 Å². The molecule has 2 rings (SSSR count). The van der Waals surface area contributed by atoms with Gasteiger partial charge in [0.25, 0.3) is 0 Å². The Morgan fingerprint density at radius 3 is 1.07 bits per heavy atom. The number of rotatable bonds is 31. The summed E-state index contributed by atoms with van der Waals surface area (Å²) in [6, 6.07) is 19.2. The second-order valence-corrected chi connectivity index (χ2v) is 16.9. The van der Waals surface area contributed by atoms with Crippen LogP contribution >= 0.6 is 0 Å². The predicted molar refractivity (Wildman–Crippen MR) is 219 cm³/mol. The van der Waals surface area contributed by atoms with Gasteiger partial charge in [0.1, 0.15) is 22.4 Å². The average Bonchev–Trinajstić information content (AvgIpc) is 3.17. The van der Waals surface area contributed by atoms with Crippen LogP contribution < -0.4 is 0 Å². The minimum absolute atomic E-state index is 0.0214. The van der Waals surface area contributed by atoms with Crippen LogP contribution in [0.2, 0.25) is 0 Å². The summed E-state index contributed by atoms with van der Waals surface area (Å²) in [4.78, 5) is 76.9. The summed E-state index contributed by atoms with van der Waals surface area (Å²) in [6.45, 7) is 14.0. The molecule has 0 spiro atoms. The Morgan fingerprint density at radius 2 is 0.759 bits per heavy atom. The molecule has 0 aliphatic carbocycles. The first kappa shape index (κ1) is 50.0. The summed E-state index contributed by atoms with van der Waals surface area (Å²) in [5.41, 5.74) is -2.76. The van der Waals surface area contributed by atoms with Gasteiger partial charge in [-0.1, -0.05) is 73.5 Å². The number of ketones is 4. The highest BCUT2D eigenvalue weighted by Gasteiger charge is 2.42. The van der Waals surface area contributed by atoms with Gasteiger partial charge in [0.15, 0.2) is 23.1 Å². The molecule has 0 amide bonds. The lowest BCUT2D eigenvalue weighted by molar-refractivity contribution is -0.160. The van der Waals surface area contributed by atoms with Crippen molar-refractivity contribution < 1.29 is 57.9 Å². The van der Waals surface area contributed by atoms with E-state index in [2.05, 4.69) is 0 Å². The molecule has 0 saturated heterocycles. The molecular formula is C46H66O12. The largest absolute Gasteiger partial charge is 0.481 e. The lowest BCUT2D eigenvalue weighted by Gasteiger charge is -2.29. The van der Waals surface area contributed by atoms with E-state index in [1.165, 1.54) is 27.7 Å². The summed E-state index contributed by atoms with van der Waals surface area (Å²) >= 11 is 0. The number of hydrogen-bond acceptors (Lipinski definition) is 10. The molecule has 12 heteroatoms. The lowest BCUT2D eigenvalue weighted by atomic mass is 9.80. The first-order chi connectivity index (χ1) is 27.1. The summed E-state index contributed by atoms with van der Waals surface area (Å²) in [7, 11) is 0. The van der Waals surface area contributed by atoms with E-state index in [0.29, 0.717) is 64.6 Å². The van der Waals surface area contributed by atoms with Crippen molar-refractivity contribution in [2.75, 3.05) is 13.2 Å². The molecule has 0 aliphatic rings. The van der Waals surface area contributed by atoms with Crippen LogP contribution in [0, 0.1) is 11.8 Å². The van der Waals surface area contributed by atoms with Crippen molar-refractivity contribution in [1.29, 1.82) is 0 Å². The molecule has 2 aromatic rings. The lowest BCUT2D eigenvalue weighted by Crippen LogP contribution is -2.43.